The first-order valence-electron chi connectivity index (χ1n) is 11.1. The number of hydrogen-bond acceptors (Lipinski definition) is 2. The van der Waals surface area contributed by atoms with Gasteiger partial charge in [-0.15, -0.1) is 0 Å². The number of ketones is 1. The molecule has 4 fully saturated rings. The molecule has 0 aromatic rings. The molecule has 0 bridgehead atoms. The van der Waals surface area contributed by atoms with Crippen molar-refractivity contribution >= 4 is 5.78 Å². The van der Waals surface area contributed by atoms with E-state index >= 15 is 0 Å². The van der Waals surface area contributed by atoms with Crippen LogP contribution in [-0.2, 0) is 4.79 Å². The molecular weight excluding hydrogens is 308 g/mol. The summed E-state index contributed by atoms with van der Waals surface area (Å²) in [6.07, 6.45) is 13.3. The Hall–Kier alpha value is -0.370. The molecular formula is C23H38O2. The molecule has 4 saturated carbocycles. The highest BCUT2D eigenvalue weighted by Gasteiger charge is 2.56. The summed E-state index contributed by atoms with van der Waals surface area (Å²) in [5.74, 6) is 4.90. The standard InChI is InChI=1S/C23H38O2/c1-4-23(25)13-11-17-16(14-23)8-9-19-18(17)10-12-22(3)20(15(2)24)6-5-7-21(19)22/h16-21,25H,4-14H2,1-3H3/t16-,17+,18-,19-,20-,21+,22-,23-/m1/s1. The largest absolute Gasteiger partial charge is 0.390 e. The van der Waals surface area contributed by atoms with Crippen molar-refractivity contribution in [2.75, 3.05) is 0 Å². The fourth-order valence-corrected chi connectivity index (χ4v) is 8.15. The minimum atomic E-state index is -0.373. The lowest BCUT2D eigenvalue weighted by Crippen LogP contribution is -2.54. The highest BCUT2D eigenvalue weighted by Crippen LogP contribution is 2.63. The Morgan fingerprint density at radius 2 is 1.76 bits per heavy atom. The maximum Gasteiger partial charge on any atom is 0.133 e. The second-order valence-corrected chi connectivity index (χ2v) is 10.4. The topological polar surface area (TPSA) is 37.3 Å². The van der Waals surface area contributed by atoms with E-state index in [-0.39, 0.29) is 11.0 Å². The van der Waals surface area contributed by atoms with Gasteiger partial charge in [-0.1, -0.05) is 20.3 Å². The number of Topliss-reactive ketones (excluding diaryl/α,β-unsaturated/α-hetero) is 1. The predicted octanol–water partition coefficient (Wildman–Crippen LogP) is 5.38. The van der Waals surface area contributed by atoms with Gasteiger partial charge in [0.15, 0.2) is 0 Å². The van der Waals surface area contributed by atoms with Crippen LogP contribution in [0, 0.1) is 40.9 Å². The minimum Gasteiger partial charge on any atom is -0.390 e. The summed E-state index contributed by atoms with van der Waals surface area (Å²) in [6, 6.07) is 0. The summed E-state index contributed by atoms with van der Waals surface area (Å²) in [5, 5.41) is 10.8. The predicted molar refractivity (Wildman–Crippen MR) is 101 cm³/mol. The molecule has 0 amide bonds. The molecule has 4 aliphatic rings. The number of carbonyl (C=O) groups excluding carboxylic acids is 1. The molecule has 0 unspecified atom stereocenters. The smallest absolute Gasteiger partial charge is 0.133 e. The van der Waals surface area contributed by atoms with Gasteiger partial charge in [-0.25, -0.2) is 0 Å². The van der Waals surface area contributed by atoms with Crippen molar-refractivity contribution < 1.29 is 9.90 Å². The van der Waals surface area contributed by atoms with Gasteiger partial charge in [0.25, 0.3) is 0 Å². The fraction of sp³-hybridized carbons (Fsp3) is 0.957. The summed E-state index contributed by atoms with van der Waals surface area (Å²) in [4.78, 5) is 12.3. The van der Waals surface area contributed by atoms with Crippen molar-refractivity contribution in [2.24, 2.45) is 40.9 Å². The normalized spacial score (nSPS) is 52.6. The maximum atomic E-state index is 12.3. The number of carbonyl (C=O) groups is 1. The fourth-order valence-electron chi connectivity index (χ4n) is 8.15. The lowest BCUT2D eigenvalue weighted by Gasteiger charge is -2.60. The molecule has 0 saturated heterocycles. The van der Waals surface area contributed by atoms with Gasteiger partial charge in [-0.2, -0.15) is 0 Å². The van der Waals surface area contributed by atoms with Crippen LogP contribution < -0.4 is 0 Å². The first-order valence-corrected chi connectivity index (χ1v) is 11.1. The minimum absolute atomic E-state index is 0.275. The highest BCUT2D eigenvalue weighted by atomic mass is 16.3. The van der Waals surface area contributed by atoms with Gasteiger partial charge in [0.2, 0.25) is 0 Å². The number of hydrogen-bond donors (Lipinski definition) is 1. The van der Waals surface area contributed by atoms with E-state index in [0.717, 1.165) is 55.3 Å². The van der Waals surface area contributed by atoms with Crippen LogP contribution in [0.1, 0.15) is 91.4 Å². The van der Waals surface area contributed by atoms with E-state index in [0.29, 0.717) is 11.7 Å². The summed E-state index contributed by atoms with van der Waals surface area (Å²) in [7, 11) is 0. The molecule has 0 aromatic carbocycles. The number of fused-ring (bicyclic) bond motifs is 5. The third-order valence-electron chi connectivity index (χ3n) is 9.49. The van der Waals surface area contributed by atoms with E-state index in [2.05, 4.69) is 13.8 Å². The van der Waals surface area contributed by atoms with E-state index in [9.17, 15) is 9.90 Å². The first kappa shape index (κ1) is 18.0. The van der Waals surface area contributed by atoms with Gasteiger partial charge < -0.3 is 5.11 Å². The van der Waals surface area contributed by atoms with Gasteiger partial charge in [0.05, 0.1) is 5.60 Å². The molecule has 8 atom stereocenters. The highest BCUT2D eigenvalue weighted by molar-refractivity contribution is 5.79. The van der Waals surface area contributed by atoms with Crippen LogP contribution in [0.15, 0.2) is 0 Å². The first-order chi connectivity index (χ1) is 11.9. The molecule has 0 spiro atoms. The Labute approximate surface area is 154 Å². The van der Waals surface area contributed by atoms with Crippen LogP contribution in [-0.4, -0.2) is 16.5 Å². The molecule has 4 rings (SSSR count). The summed E-state index contributed by atoms with van der Waals surface area (Å²) in [6.45, 7) is 6.46. The Balaban J connectivity index is 1.55. The summed E-state index contributed by atoms with van der Waals surface area (Å²) in [5.41, 5.74) is -0.0986. The molecule has 0 heterocycles. The Bertz CT molecular complexity index is 528. The maximum absolute atomic E-state index is 12.3. The molecule has 0 radical (unpaired) electrons. The van der Waals surface area contributed by atoms with Crippen molar-refractivity contribution in [3.8, 4) is 0 Å². The quantitative estimate of drug-likeness (QED) is 0.729. The van der Waals surface area contributed by atoms with Gasteiger partial charge in [-0.3, -0.25) is 4.79 Å². The van der Waals surface area contributed by atoms with E-state index < -0.39 is 0 Å². The van der Waals surface area contributed by atoms with Crippen molar-refractivity contribution in [1.29, 1.82) is 0 Å². The molecule has 0 aliphatic heterocycles. The lowest BCUT2D eigenvalue weighted by molar-refractivity contribution is -0.147. The second-order valence-electron chi connectivity index (χ2n) is 10.4. The number of rotatable bonds is 2. The number of aliphatic hydroxyl groups is 1. The van der Waals surface area contributed by atoms with Gasteiger partial charge in [-0.05, 0) is 106 Å². The monoisotopic (exact) mass is 346 g/mol. The second kappa shape index (κ2) is 6.36. The molecule has 25 heavy (non-hydrogen) atoms. The van der Waals surface area contributed by atoms with Crippen molar-refractivity contribution in [3.63, 3.8) is 0 Å². The summed E-state index contributed by atoms with van der Waals surface area (Å²) < 4.78 is 0. The summed E-state index contributed by atoms with van der Waals surface area (Å²) >= 11 is 0. The van der Waals surface area contributed by atoms with Crippen molar-refractivity contribution in [3.05, 3.63) is 0 Å². The van der Waals surface area contributed by atoms with Crippen LogP contribution in [0.2, 0.25) is 0 Å². The van der Waals surface area contributed by atoms with E-state index in [1.54, 1.807) is 0 Å². The SMILES string of the molecule is CC[C@@]1(O)CC[C@H]2[C@H](CC[C@@H]3[C@@H]2CC[C@]2(C)[C@@H](C(C)=O)CCC[C@@H]32)C1. The van der Waals surface area contributed by atoms with Crippen LogP contribution >= 0.6 is 0 Å². The van der Waals surface area contributed by atoms with Crippen molar-refractivity contribution in [1.82, 2.24) is 0 Å². The lowest BCUT2D eigenvalue weighted by atomic mass is 9.44. The van der Waals surface area contributed by atoms with Crippen molar-refractivity contribution in [2.45, 2.75) is 97.0 Å². The van der Waals surface area contributed by atoms with Gasteiger partial charge >= 0.3 is 0 Å². The van der Waals surface area contributed by atoms with Gasteiger partial charge in [0.1, 0.15) is 5.78 Å². The average molecular weight is 347 g/mol. The molecule has 2 nitrogen and oxygen atoms in total. The Morgan fingerprint density at radius 1 is 1.00 bits per heavy atom. The van der Waals surface area contributed by atoms with Crippen LogP contribution in [0.5, 0.6) is 0 Å². The van der Waals surface area contributed by atoms with Crippen LogP contribution in [0.4, 0.5) is 0 Å². The van der Waals surface area contributed by atoms with Gasteiger partial charge in [0, 0.05) is 5.92 Å². The van der Waals surface area contributed by atoms with E-state index in [4.69, 9.17) is 0 Å². The molecule has 1 N–H and O–H groups in total. The molecule has 0 aromatic heterocycles. The zero-order chi connectivity index (χ0) is 17.8. The zero-order valence-corrected chi connectivity index (χ0v) is 16.6. The molecule has 142 valence electrons. The van der Waals surface area contributed by atoms with Crippen LogP contribution in [0.25, 0.3) is 0 Å². The average Bonchev–Trinajstić information content (AvgIpc) is 2.59. The molecule has 4 aliphatic carbocycles. The third kappa shape index (κ3) is 2.82. The van der Waals surface area contributed by atoms with Crippen LogP contribution in [0.3, 0.4) is 0 Å². The Kier molecular flexibility index (Phi) is 4.58. The third-order valence-corrected chi connectivity index (χ3v) is 9.49. The molecule has 2 heteroatoms. The van der Waals surface area contributed by atoms with E-state index in [1.807, 2.05) is 6.92 Å². The van der Waals surface area contributed by atoms with E-state index in [1.165, 1.54) is 44.9 Å². The zero-order valence-electron chi connectivity index (χ0n) is 16.6. The Morgan fingerprint density at radius 3 is 2.48 bits per heavy atom.